The van der Waals surface area contributed by atoms with Gasteiger partial charge in [0, 0.05) is 17.5 Å². The summed E-state index contributed by atoms with van der Waals surface area (Å²) in [5.74, 6) is 0.457. The van der Waals surface area contributed by atoms with Gasteiger partial charge in [0.15, 0.2) is 0 Å². The molecule has 2 amide bonds. The molecular formula is C28H33N7O2. The van der Waals surface area contributed by atoms with E-state index in [1.165, 1.54) is 0 Å². The van der Waals surface area contributed by atoms with Crippen LogP contribution < -0.4 is 10.6 Å². The highest BCUT2D eigenvalue weighted by atomic mass is 16.2. The van der Waals surface area contributed by atoms with Gasteiger partial charge in [-0.25, -0.2) is 4.68 Å². The summed E-state index contributed by atoms with van der Waals surface area (Å²) in [6.07, 6.45) is 10.9. The maximum Gasteiger partial charge on any atom is 0.270 e. The smallest absolute Gasteiger partial charge is 0.270 e. The third-order valence-electron chi connectivity index (χ3n) is 7.37. The van der Waals surface area contributed by atoms with Crippen LogP contribution in [0.3, 0.4) is 0 Å². The second kappa shape index (κ2) is 10.2. The van der Waals surface area contributed by atoms with Crippen molar-refractivity contribution in [1.82, 2.24) is 30.3 Å². The van der Waals surface area contributed by atoms with Crippen LogP contribution in [0.1, 0.15) is 53.6 Å². The number of amides is 2. The fraction of sp³-hybridized carbons (Fsp3) is 0.393. The van der Waals surface area contributed by atoms with E-state index in [0.717, 1.165) is 48.3 Å². The monoisotopic (exact) mass is 499 g/mol. The Morgan fingerprint density at radius 2 is 1.81 bits per heavy atom. The minimum absolute atomic E-state index is 0.110. The molecule has 0 bridgehead atoms. The molecule has 2 aliphatic rings. The van der Waals surface area contributed by atoms with E-state index in [-0.39, 0.29) is 23.8 Å². The summed E-state index contributed by atoms with van der Waals surface area (Å²) in [6.45, 7) is 11.5. The van der Waals surface area contributed by atoms with Crippen LogP contribution in [0.15, 0.2) is 55.9 Å². The minimum Gasteiger partial charge on any atom is -0.339 e. The molecule has 2 aliphatic carbocycles. The first-order valence-electron chi connectivity index (χ1n) is 12.8. The average molecular weight is 500 g/mol. The molecule has 5 rings (SSSR count). The average Bonchev–Trinajstić information content (AvgIpc) is 3.83. The fourth-order valence-corrected chi connectivity index (χ4v) is 5.23. The molecule has 2 fully saturated rings. The molecule has 3 aromatic rings. The number of allylic oxidation sites excluding steroid dienone is 2. The van der Waals surface area contributed by atoms with Gasteiger partial charge in [0.25, 0.3) is 5.91 Å². The number of carbonyl (C=O) groups excluding carboxylic acids is 2. The predicted octanol–water partition coefficient (Wildman–Crippen LogP) is 4.37. The first-order valence-corrected chi connectivity index (χ1v) is 12.8. The second-order valence-electron chi connectivity index (χ2n) is 10.1. The molecule has 0 aromatic carbocycles. The van der Waals surface area contributed by atoms with Gasteiger partial charge in [0.1, 0.15) is 11.7 Å². The minimum atomic E-state index is -0.653. The molecule has 3 N–H and O–H groups in total. The van der Waals surface area contributed by atoms with Crippen LogP contribution in [0.5, 0.6) is 0 Å². The van der Waals surface area contributed by atoms with E-state index in [1.54, 1.807) is 35.3 Å². The Labute approximate surface area is 216 Å². The van der Waals surface area contributed by atoms with Gasteiger partial charge in [-0.15, -0.1) is 13.2 Å². The van der Waals surface area contributed by atoms with Crippen LogP contribution in [-0.4, -0.2) is 42.8 Å². The van der Waals surface area contributed by atoms with E-state index in [1.807, 2.05) is 26.0 Å². The van der Waals surface area contributed by atoms with Crippen molar-refractivity contribution >= 4 is 17.5 Å². The van der Waals surface area contributed by atoms with Gasteiger partial charge in [0.05, 0.1) is 29.3 Å². The number of hydrogen-bond donors (Lipinski definition) is 3. The molecule has 3 aromatic heterocycles. The number of carbonyl (C=O) groups is 2. The van der Waals surface area contributed by atoms with E-state index in [9.17, 15) is 9.59 Å². The quantitative estimate of drug-likeness (QED) is 0.339. The maximum absolute atomic E-state index is 13.7. The van der Waals surface area contributed by atoms with Crippen molar-refractivity contribution in [2.45, 2.75) is 51.6 Å². The highest BCUT2D eigenvalue weighted by Crippen LogP contribution is 2.51. The summed E-state index contributed by atoms with van der Waals surface area (Å²) >= 11 is 0. The number of anilines is 1. The zero-order valence-electron chi connectivity index (χ0n) is 21.3. The van der Waals surface area contributed by atoms with Gasteiger partial charge >= 0.3 is 0 Å². The second-order valence-corrected chi connectivity index (χ2v) is 10.1. The number of aromatic amines is 1. The van der Waals surface area contributed by atoms with Crippen LogP contribution in [0.4, 0.5) is 5.69 Å². The fourth-order valence-electron chi connectivity index (χ4n) is 5.23. The lowest BCUT2D eigenvalue weighted by molar-refractivity contribution is -0.119. The Hall–Kier alpha value is -4.01. The Bertz CT molecular complexity index is 1280. The number of H-pyrrole nitrogens is 1. The Balaban J connectivity index is 1.37. The van der Waals surface area contributed by atoms with E-state index < -0.39 is 6.04 Å². The first-order chi connectivity index (χ1) is 17.9. The number of rotatable bonds is 11. The molecule has 9 nitrogen and oxygen atoms in total. The largest absolute Gasteiger partial charge is 0.339 e. The summed E-state index contributed by atoms with van der Waals surface area (Å²) in [4.78, 5) is 31.6. The Kier molecular flexibility index (Phi) is 6.78. The van der Waals surface area contributed by atoms with Crippen LogP contribution in [0.2, 0.25) is 0 Å². The standard InChI is InChI=1S/C28H33N7O2/c1-5-21(6-2)35-23(13-14-30-35)27(36)32-26(25(18-7-8-18)19-9-10-19)28(37)31-20-11-12-22(29-15-20)24-16(3)33-34-17(24)4/h5-6,11-15,18-19,21,25-26H,1-2,7-10H2,3-4H3,(H,31,37)(H,32,36)(H,33,34)/t26-/m0/s1. The number of aromatic nitrogens is 5. The van der Waals surface area contributed by atoms with Crippen LogP contribution in [0, 0.1) is 31.6 Å². The molecule has 1 atom stereocenters. The van der Waals surface area contributed by atoms with Crippen molar-refractivity contribution < 1.29 is 9.59 Å². The number of hydrogen-bond acceptors (Lipinski definition) is 5. The first kappa shape index (κ1) is 24.7. The molecule has 192 valence electrons. The summed E-state index contributed by atoms with van der Waals surface area (Å²) in [6, 6.07) is 4.38. The van der Waals surface area contributed by atoms with Gasteiger partial charge in [0.2, 0.25) is 5.91 Å². The van der Waals surface area contributed by atoms with Crippen molar-refractivity contribution in [3.63, 3.8) is 0 Å². The molecule has 9 heteroatoms. The van der Waals surface area contributed by atoms with E-state index in [4.69, 9.17) is 0 Å². The van der Waals surface area contributed by atoms with E-state index in [0.29, 0.717) is 23.2 Å². The van der Waals surface area contributed by atoms with Crippen molar-refractivity contribution in [2.24, 2.45) is 17.8 Å². The molecule has 0 unspecified atom stereocenters. The number of nitrogens with one attached hydrogen (secondary N) is 3. The van der Waals surface area contributed by atoms with Gasteiger partial charge in [-0.2, -0.15) is 10.2 Å². The van der Waals surface area contributed by atoms with Crippen LogP contribution in [-0.2, 0) is 4.79 Å². The molecule has 3 heterocycles. The molecule has 0 spiro atoms. The van der Waals surface area contributed by atoms with Crippen molar-refractivity contribution in [1.29, 1.82) is 0 Å². The number of nitrogens with zero attached hydrogens (tertiary/aromatic N) is 4. The third-order valence-corrected chi connectivity index (χ3v) is 7.37. The Morgan fingerprint density at radius 3 is 2.35 bits per heavy atom. The van der Waals surface area contributed by atoms with Gasteiger partial charge < -0.3 is 10.6 Å². The normalized spacial score (nSPS) is 16.0. The lowest BCUT2D eigenvalue weighted by Crippen LogP contribution is -2.50. The highest BCUT2D eigenvalue weighted by Gasteiger charge is 2.48. The van der Waals surface area contributed by atoms with Gasteiger partial charge in [-0.05, 0) is 75.5 Å². The number of pyridine rings is 1. The Morgan fingerprint density at radius 1 is 1.11 bits per heavy atom. The summed E-state index contributed by atoms with van der Waals surface area (Å²) in [5, 5.41) is 17.6. The highest BCUT2D eigenvalue weighted by molar-refractivity contribution is 6.00. The van der Waals surface area contributed by atoms with Gasteiger partial charge in [-0.1, -0.05) is 12.2 Å². The molecule has 37 heavy (non-hydrogen) atoms. The molecule has 0 aliphatic heterocycles. The predicted molar refractivity (Wildman–Crippen MR) is 142 cm³/mol. The zero-order chi connectivity index (χ0) is 26.1. The van der Waals surface area contributed by atoms with Crippen molar-refractivity contribution in [3.8, 4) is 11.3 Å². The summed E-state index contributed by atoms with van der Waals surface area (Å²) < 4.78 is 1.57. The van der Waals surface area contributed by atoms with Crippen molar-refractivity contribution in [2.75, 3.05) is 5.32 Å². The molecule has 0 radical (unpaired) electrons. The molecule has 2 saturated carbocycles. The van der Waals surface area contributed by atoms with Crippen molar-refractivity contribution in [3.05, 3.63) is 73.0 Å². The maximum atomic E-state index is 13.7. The lowest BCUT2D eigenvalue weighted by atomic mass is 9.88. The van der Waals surface area contributed by atoms with Crippen LogP contribution >= 0.6 is 0 Å². The summed E-state index contributed by atoms with van der Waals surface area (Å²) in [7, 11) is 0. The number of aryl methyl sites for hydroxylation is 2. The molecule has 0 saturated heterocycles. The third kappa shape index (κ3) is 5.12. The SMILES string of the molecule is C=CC(C=C)n1nccc1C(=O)N[C@H](C(=O)Nc1ccc(-c2c(C)n[nH]c2C)nc1)C(C1CC1)C1CC1. The summed E-state index contributed by atoms with van der Waals surface area (Å²) in [5.41, 5.74) is 4.50. The topological polar surface area (TPSA) is 118 Å². The molecular weight excluding hydrogens is 466 g/mol. The lowest BCUT2D eigenvalue weighted by Gasteiger charge is -2.27. The van der Waals surface area contributed by atoms with Gasteiger partial charge in [-0.3, -0.25) is 19.7 Å². The van der Waals surface area contributed by atoms with Crippen LogP contribution in [0.25, 0.3) is 11.3 Å². The van der Waals surface area contributed by atoms with E-state index in [2.05, 4.69) is 44.1 Å². The zero-order valence-corrected chi connectivity index (χ0v) is 21.3. The van der Waals surface area contributed by atoms with E-state index >= 15 is 0 Å².